The molecule has 0 fully saturated rings. The lowest BCUT2D eigenvalue weighted by Gasteiger charge is -1.87. The zero-order valence-electron chi connectivity index (χ0n) is 5.26. The van der Waals surface area contributed by atoms with Crippen LogP contribution in [-0.4, -0.2) is 10.4 Å². The van der Waals surface area contributed by atoms with Gasteiger partial charge in [-0.15, -0.1) is 0 Å². The monoisotopic (exact) mass is 236 g/mol. The van der Waals surface area contributed by atoms with E-state index in [-0.39, 0.29) is 0 Å². The second kappa shape index (κ2) is 5.94. The number of nitrogens with one attached hydrogen (secondary N) is 1. The minimum Gasteiger partial charge on any atom is -0.308 e. The number of aliphatic imine (C=N–C) groups is 1. The molecule has 0 atom stereocenters. The Morgan fingerprint density at radius 1 is 1.78 bits per heavy atom. The maximum atomic E-state index is 6.87. The molecule has 0 radical (unpaired) electrons. The van der Waals surface area contributed by atoms with Gasteiger partial charge in [0.1, 0.15) is 0 Å². The van der Waals surface area contributed by atoms with Gasteiger partial charge in [-0.2, -0.15) is 0 Å². The molecule has 50 valence electrons. The fourth-order valence-corrected chi connectivity index (χ4v) is 0.515. The Morgan fingerprint density at radius 3 is 2.78 bits per heavy atom. The van der Waals surface area contributed by atoms with E-state index in [4.69, 9.17) is 5.41 Å². The van der Waals surface area contributed by atoms with Crippen LogP contribution in [0.15, 0.2) is 16.8 Å². The van der Waals surface area contributed by atoms with Crippen molar-refractivity contribution in [1.82, 2.24) is 0 Å². The highest BCUT2D eigenvalue weighted by molar-refractivity contribution is 14.1. The van der Waals surface area contributed by atoms with Crippen LogP contribution in [0.25, 0.3) is 0 Å². The highest BCUT2D eigenvalue weighted by Crippen LogP contribution is 1.95. The Kier molecular flexibility index (Phi) is 5.81. The van der Waals surface area contributed by atoms with Gasteiger partial charge in [-0.05, 0) is 34.6 Å². The van der Waals surface area contributed by atoms with Crippen LogP contribution in [0, 0.1) is 5.41 Å². The molecule has 0 saturated carbocycles. The first-order chi connectivity index (χ1) is 4.35. The molecule has 0 aliphatic carbocycles. The van der Waals surface area contributed by atoms with Gasteiger partial charge in [0.25, 0.3) is 0 Å². The molecule has 0 heterocycles. The first kappa shape index (κ1) is 8.81. The van der Waals surface area contributed by atoms with Crippen molar-refractivity contribution in [3.8, 4) is 0 Å². The summed E-state index contributed by atoms with van der Waals surface area (Å²) < 4.78 is 1.68. The molecular formula is C6H9IN2. The van der Waals surface area contributed by atoms with Crippen molar-refractivity contribution in [2.45, 2.75) is 13.3 Å². The summed E-state index contributed by atoms with van der Waals surface area (Å²) in [6, 6.07) is 0. The van der Waals surface area contributed by atoms with Gasteiger partial charge < -0.3 is 5.41 Å². The third kappa shape index (κ3) is 4.32. The van der Waals surface area contributed by atoms with E-state index < -0.39 is 0 Å². The average molecular weight is 236 g/mol. The van der Waals surface area contributed by atoms with E-state index in [2.05, 4.69) is 4.99 Å². The summed E-state index contributed by atoms with van der Waals surface area (Å²) >= 11 is 2.04. The Balaban J connectivity index is 3.90. The lowest BCUT2D eigenvalue weighted by Crippen LogP contribution is -1.77. The van der Waals surface area contributed by atoms with E-state index in [0.717, 1.165) is 12.0 Å². The number of rotatable bonds is 3. The molecule has 0 aromatic carbocycles. The minimum atomic E-state index is 0.872. The van der Waals surface area contributed by atoms with Crippen LogP contribution in [0.4, 0.5) is 0 Å². The van der Waals surface area contributed by atoms with Gasteiger partial charge in [-0.25, -0.2) is 0 Å². The second-order valence-corrected chi connectivity index (χ2v) is 2.01. The quantitative estimate of drug-likeness (QED) is 0.577. The van der Waals surface area contributed by atoms with E-state index >= 15 is 0 Å². The van der Waals surface area contributed by atoms with Crippen molar-refractivity contribution in [3.63, 3.8) is 0 Å². The van der Waals surface area contributed by atoms with Crippen molar-refractivity contribution >= 4 is 33.0 Å². The van der Waals surface area contributed by atoms with E-state index in [0.29, 0.717) is 0 Å². The van der Waals surface area contributed by atoms with E-state index in [1.165, 1.54) is 6.21 Å². The molecule has 0 aromatic heterocycles. The predicted molar refractivity (Wildman–Crippen MR) is 49.7 cm³/mol. The van der Waals surface area contributed by atoms with Crippen molar-refractivity contribution in [3.05, 3.63) is 11.8 Å². The lowest BCUT2D eigenvalue weighted by molar-refractivity contribution is 1.16. The predicted octanol–water partition coefficient (Wildman–Crippen LogP) is 2.39. The molecule has 0 bridgehead atoms. The standard InChI is InChI=1S/C6H9IN2/c1-2-6(3-8)4-9-5-7/h3-5,8H,2H2,1H3/b6-4-,8-3?,9-5?. The maximum absolute atomic E-state index is 6.87. The van der Waals surface area contributed by atoms with Crippen LogP contribution in [0.3, 0.4) is 0 Å². The molecule has 9 heavy (non-hydrogen) atoms. The Hall–Kier alpha value is -0.190. The van der Waals surface area contributed by atoms with Crippen LogP contribution in [0.2, 0.25) is 0 Å². The number of halogens is 1. The molecule has 2 nitrogen and oxygen atoms in total. The molecule has 0 spiro atoms. The zero-order chi connectivity index (χ0) is 7.11. The SMILES string of the molecule is CC/C(C=N)=C/N=CI. The molecule has 0 rings (SSSR count). The van der Waals surface area contributed by atoms with Crippen LogP contribution in [0.5, 0.6) is 0 Å². The van der Waals surface area contributed by atoms with Gasteiger partial charge in [0.15, 0.2) is 0 Å². The van der Waals surface area contributed by atoms with Gasteiger partial charge in [-0.3, -0.25) is 4.99 Å². The van der Waals surface area contributed by atoms with Crippen LogP contribution >= 0.6 is 22.6 Å². The summed E-state index contributed by atoms with van der Waals surface area (Å²) in [6.07, 6.45) is 3.89. The Morgan fingerprint density at radius 2 is 2.44 bits per heavy atom. The topological polar surface area (TPSA) is 36.2 Å². The van der Waals surface area contributed by atoms with Crippen molar-refractivity contribution in [2.24, 2.45) is 4.99 Å². The van der Waals surface area contributed by atoms with Crippen molar-refractivity contribution in [2.75, 3.05) is 0 Å². The highest BCUT2D eigenvalue weighted by atomic mass is 127. The molecular weight excluding hydrogens is 227 g/mol. The molecule has 0 aliphatic rings. The first-order valence-corrected chi connectivity index (χ1v) is 3.91. The summed E-state index contributed by atoms with van der Waals surface area (Å²) in [5.74, 6) is 0. The van der Waals surface area contributed by atoms with E-state index in [9.17, 15) is 0 Å². The van der Waals surface area contributed by atoms with E-state index in [1.54, 1.807) is 10.4 Å². The third-order valence-electron chi connectivity index (χ3n) is 0.890. The molecule has 1 N–H and O–H groups in total. The highest BCUT2D eigenvalue weighted by Gasteiger charge is 1.82. The van der Waals surface area contributed by atoms with Gasteiger partial charge in [0.2, 0.25) is 0 Å². The number of hydrogen-bond donors (Lipinski definition) is 1. The summed E-state index contributed by atoms with van der Waals surface area (Å²) in [4.78, 5) is 3.86. The summed E-state index contributed by atoms with van der Waals surface area (Å²) in [7, 11) is 0. The maximum Gasteiger partial charge on any atom is 0.0651 e. The fourth-order valence-electron chi connectivity index (χ4n) is 0.355. The smallest absolute Gasteiger partial charge is 0.0651 e. The third-order valence-corrected chi connectivity index (χ3v) is 1.21. The van der Waals surface area contributed by atoms with E-state index in [1.807, 2.05) is 29.5 Å². The number of nitrogens with zero attached hydrogens (tertiary/aromatic N) is 1. The lowest BCUT2D eigenvalue weighted by atomic mass is 10.2. The van der Waals surface area contributed by atoms with Gasteiger partial charge in [0.05, 0.1) is 4.22 Å². The Bertz CT molecular complexity index is 138. The molecule has 0 unspecified atom stereocenters. The van der Waals surface area contributed by atoms with Gasteiger partial charge >= 0.3 is 0 Å². The summed E-state index contributed by atoms with van der Waals surface area (Å²) in [5.41, 5.74) is 0.947. The molecule has 0 aliphatic heterocycles. The Labute approximate surface area is 68.7 Å². The fraction of sp³-hybridized carbons (Fsp3) is 0.333. The normalized spacial score (nSPS) is 12.4. The second-order valence-electron chi connectivity index (χ2n) is 1.45. The van der Waals surface area contributed by atoms with Crippen LogP contribution < -0.4 is 0 Å². The van der Waals surface area contributed by atoms with Crippen LogP contribution in [-0.2, 0) is 0 Å². The zero-order valence-corrected chi connectivity index (χ0v) is 7.42. The molecule has 0 amide bonds. The average Bonchev–Trinajstić information content (AvgIpc) is 1.91. The van der Waals surface area contributed by atoms with Crippen LogP contribution in [0.1, 0.15) is 13.3 Å². The molecule has 0 saturated heterocycles. The largest absolute Gasteiger partial charge is 0.308 e. The van der Waals surface area contributed by atoms with Gasteiger partial charge in [-0.1, -0.05) is 6.92 Å². The van der Waals surface area contributed by atoms with Crippen molar-refractivity contribution < 1.29 is 0 Å². The molecule has 3 heteroatoms. The first-order valence-electron chi connectivity index (χ1n) is 2.66. The summed E-state index contributed by atoms with van der Waals surface area (Å²) in [5, 5.41) is 6.87. The summed E-state index contributed by atoms with van der Waals surface area (Å²) in [6.45, 7) is 2.00. The minimum absolute atomic E-state index is 0.872. The number of allylic oxidation sites excluding steroid dienone is 1. The van der Waals surface area contributed by atoms with Gasteiger partial charge in [0, 0.05) is 12.4 Å². The van der Waals surface area contributed by atoms with Crippen molar-refractivity contribution in [1.29, 1.82) is 5.41 Å². The number of hydrogen-bond acceptors (Lipinski definition) is 2. The molecule has 0 aromatic rings.